The Morgan fingerprint density at radius 2 is 1.93 bits per heavy atom. The molecule has 2 aliphatic rings. The Bertz CT molecular complexity index is 873. The van der Waals surface area contributed by atoms with E-state index in [1.54, 1.807) is 6.92 Å². The number of carbonyl (C=O) groups excluding carboxylic acids is 3. The fourth-order valence-electron chi connectivity index (χ4n) is 3.89. The first-order valence-corrected chi connectivity index (χ1v) is 9.28. The number of aromatic nitrogens is 2. The lowest BCUT2D eigenvalue weighted by Gasteiger charge is -2.22. The van der Waals surface area contributed by atoms with Gasteiger partial charge in [-0.25, -0.2) is 4.98 Å². The maximum absolute atomic E-state index is 12.6. The van der Waals surface area contributed by atoms with Crippen LogP contribution in [0.4, 0.5) is 0 Å². The van der Waals surface area contributed by atoms with Crippen LogP contribution in [0.1, 0.15) is 25.5 Å². The van der Waals surface area contributed by atoms with Crippen LogP contribution in [0.3, 0.4) is 0 Å². The van der Waals surface area contributed by atoms with Gasteiger partial charge in [-0.3, -0.25) is 19.3 Å². The molecule has 2 aromatic heterocycles. The number of likely N-dealkylation sites (tertiary alicyclic amines) is 1. The lowest BCUT2D eigenvalue weighted by atomic mass is 9.85. The molecule has 0 radical (unpaired) electrons. The van der Waals surface area contributed by atoms with Crippen LogP contribution in [-0.2, 0) is 20.8 Å². The van der Waals surface area contributed by atoms with E-state index >= 15 is 0 Å². The van der Waals surface area contributed by atoms with Gasteiger partial charge in [0.2, 0.25) is 17.7 Å². The van der Waals surface area contributed by atoms with E-state index in [-0.39, 0.29) is 29.6 Å². The van der Waals surface area contributed by atoms with Crippen LogP contribution in [0.5, 0.6) is 0 Å². The Hall–Kier alpha value is -2.96. The van der Waals surface area contributed by atoms with Crippen molar-refractivity contribution in [1.82, 2.24) is 19.6 Å². The molecule has 2 aromatic rings. The molecule has 0 aromatic carbocycles. The first-order chi connectivity index (χ1) is 13.1. The number of carbonyl (C=O) groups is 3. The quantitative estimate of drug-likeness (QED) is 0.639. The van der Waals surface area contributed by atoms with Crippen molar-refractivity contribution in [3.8, 4) is 0 Å². The molecule has 7 nitrogen and oxygen atoms in total. The largest absolute Gasteiger partial charge is 0.354 e. The zero-order valence-electron chi connectivity index (χ0n) is 15.2. The van der Waals surface area contributed by atoms with Crippen LogP contribution in [0.2, 0.25) is 0 Å². The third-order valence-corrected chi connectivity index (χ3v) is 5.40. The third-order valence-electron chi connectivity index (χ3n) is 5.40. The highest BCUT2D eigenvalue weighted by atomic mass is 16.2. The summed E-state index contributed by atoms with van der Waals surface area (Å²) >= 11 is 0. The average molecular weight is 366 g/mol. The zero-order valence-corrected chi connectivity index (χ0v) is 15.2. The SMILES string of the molecule is CC(C(=O)NCCc1cn2ccccc2n1)N1C(=O)C2CC=CCC2C1=O. The molecule has 1 aliphatic heterocycles. The van der Waals surface area contributed by atoms with Crippen LogP contribution in [0.25, 0.3) is 5.65 Å². The molecule has 140 valence electrons. The minimum atomic E-state index is -0.795. The summed E-state index contributed by atoms with van der Waals surface area (Å²) in [5, 5.41) is 2.82. The van der Waals surface area contributed by atoms with Crippen molar-refractivity contribution >= 4 is 23.4 Å². The van der Waals surface area contributed by atoms with Gasteiger partial charge in [0.05, 0.1) is 17.5 Å². The number of rotatable bonds is 5. The van der Waals surface area contributed by atoms with Gasteiger partial charge in [-0.2, -0.15) is 0 Å². The van der Waals surface area contributed by atoms with E-state index in [9.17, 15) is 14.4 Å². The molecule has 1 saturated heterocycles. The van der Waals surface area contributed by atoms with E-state index in [4.69, 9.17) is 0 Å². The average Bonchev–Trinajstić information content (AvgIpc) is 3.20. The van der Waals surface area contributed by atoms with Crippen molar-refractivity contribution in [3.05, 3.63) is 48.4 Å². The Balaban J connectivity index is 1.35. The van der Waals surface area contributed by atoms with Crippen LogP contribution < -0.4 is 5.32 Å². The van der Waals surface area contributed by atoms with Crippen molar-refractivity contribution in [2.24, 2.45) is 11.8 Å². The zero-order chi connectivity index (χ0) is 19.0. The van der Waals surface area contributed by atoms with E-state index in [0.717, 1.165) is 16.2 Å². The molecule has 3 amide bonds. The van der Waals surface area contributed by atoms with Crippen molar-refractivity contribution in [1.29, 1.82) is 0 Å². The van der Waals surface area contributed by atoms with Gasteiger partial charge in [-0.05, 0) is 31.9 Å². The van der Waals surface area contributed by atoms with Gasteiger partial charge in [0.25, 0.3) is 0 Å². The van der Waals surface area contributed by atoms with Crippen molar-refractivity contribution in [2.45, 2.75) is 32.2 Å². The number of fused-ring (bicyclic) bond motifs is 2. The van der Waals surface area contributed by atoms with Gasteiger partial charge < -0.3 is 9.72 Å². The highest BCUT2D eigenvalue weighted by molar-refractivity contribution is 6.08. The fourth-order valence-corrected chi connectivity index (χ4v) is 3.89. The number of nitrogens with zero attached hydrogens (tertiary/aromatic N) is 3. The van der Waals surface area contributed by atoms with Gasteiger partial charge in [-0.1, -0.05) is 18.2 Å². The molecule has 1 fully saturated rings. The van der Waals surface area contributed by atoms with Crippen LogP contribution >= 0.6 is 0 Å². The van der Waals surface area contributed by atoms with E-state index in [0.29, 0.717) is 25.8 Å². The number of imide groups is 1. The molecule has 0 saturated carbocycles. The first-order valence-electron chi connectivity index (χ1n) is 9.28. The molecule has 0 bridgehead atoms. The second-order valence-corrected chi connectivity index (χ2v) is 7.12. The number of allylic oxidation sites excluding steroid dienone is 2. The normalized spacial score (nSPS) is 22.9. The molecule has 3 heterocycles. The van der Waals surface area contributed by atoms with Gasteiger partial charge in [0.1, 0.15) is 11.7 Å². The van der Waals surface area contributed by atoms with Gasteiger partial charge in [0, 0.05) is 25.4 Å². The minimum absolute atomic E-state index is 0.225. The molecule has 4 rings (SSSR count). The Kier molecular flexibility index (Phi) is 4.51. The topological polar surface area (TPSA) is 83.8 Å². The number of nitrogens with one attached hydrogen (secondary N) is 1. The number of imidazole rings is 1. The summed E-state index contributed by atoms with van der Waals surface area (Å²) in [6, 6.07) is 4.98. The van der Waals surface area contributed by atoms with E-state index < -0.39 is 6.04 Å². The molecule has 7 heteroatoms. The molecule has 27 heavy (non-hydrogen) atoms. The predicted octanol–water partition coefficient (Wildman–Crippen LogP) is 1.33. The summed E-state index contributed by atoms with van der Waals surface area (Å²) in [6.45, 7) is 2.01. The summed E-state index contributed by atoms with van der Waals surface area (Å²) in [5.41, 5.74) is 1.73. The highest BCUT2D eigenvalue weighted by Crippen LogP contribution is 2.36. The van der Waals surface area contributed by atoms with E-state index in [1.165, 1.54) is 0 Å². The summed E-state index contributed by atoms with van der Waals surface area (Å²) < 4.78 is 1.93. The van der Waals surface area contributed by atoms with Gasteiger partial charge in [0.15, 0.2) is 0 Å². The molecule has 1 aliphatic carbocycles. The monoisotopic (exact) mass is 366 g/mol. The summed E-state index contributed by atoms with van der Waals surface area (Å²) in [6.07, 6.45) is 9.46. The first kappa shape index (κ1) is 17.5. The second kappa shape index (κ2) is 6.98. The Morgan fingerprint density at radius 3 is 2.59 bits per heavy atom. The summed E-state index contributed by atoms with van der Waals surface area (Å²) in [4.78, 5) is 43.3. The van der Waals surface area contributed by atoms with Gasteiger partial charge >= 0.3 is 0 Å². The predicted molar refractivity (Wildman–Crippen MR) is 98.6 cm³/mol. The molecular weight excluding hydrogens is 344 g/mol. The van der Waals surface area contributed by atoms with Crippen molar-refractivity contribution < 1.29 is 14.4 Å². The minimum Gasteiger partial charge on any atom is -0.354 e. The maximum atomic E-state index is 12.6. The van der Waals surface area contributed by atoms with Crippen LogP contribution in [0.15, 0.2) is 42.7 Å². The lowest BCUT2D eigenvalue weighted by Crippen LogP contribution is -2.48. The second-order valence-electron chi connectivity index (χ2n) is 7.12. The highest BCUT2D eigenvalue weighted by Gasteiger charge is 2.49. The number of pyridine rings is 1. The van der Waals surface area contributed by atoms with Gasteiger partial charge in [-0.15, -0.1) is 0 Å². The molecule has 3 atom stereocenters. The standard InChI is InChI=1S/C20H22N4O3/c1-13(24-19(26)15-6-2-3-7-16(15)20(24)27)18(25)21-10-9-14-12-23-11-5-4-8-17(23)22-14/h2-5,8,11-13,15-16H,6-7,9-10H2,1H3,(H,21,25). The van der Waals surface area contributed by atoms with Crippen molar-refractivity contribution in [2.75, 3.05) is 6.54 Å². The Morgan fingerprint density at radius 1 is 1.22 bits per heavy atom. The third kappa shape index (κ3) is 3.13. The number of hydrogen-bond donors (Lipinski definition) is 1. The molecule has 0 spiro atoms. The molecule has 1 N–H and O–H groups in total. The van der Waals surface area contributed by atoms with E-state index in [1.807, 2.05) is 47.1 Å². The number of hydrogen-bond acceptors (Lipinski definition) is 4. The summed E-state index contributed by atoms with van der Waals surface area (Å²) in [5.74, 6) is -1.38. The smallest absolute Gasteiger partial charge is 0.243 e. The van der Waals surface area contributed by atoms with Crippen LogP contribution in [0, 0.1) is 11.8 Å². The van der Waals surface area contributed by atoms with E-state index in [2.05, 4.69) is 10.3 Å². The van der Waals surface area contributed by atoms with Crippen molar-refractivity contribution in [3.63, 3.8) is 0 Å². The van der Waals surface area contributed by atoms with Crippen LogP contribution in [-0.4, -0.2) is 44.6 Å². The fraction of sp³-hybridized carbons (Fsp3) is 0.400. The number of amides is 3. The Labute approximate surface area is 157 Å². The summed E-state index contributed by atoms with van der Waals surface area (Å²) in [7, 11) is 0. The molecule has 3 unspecified atom stereocenters. The maximum Gasteiger partial charge on any atom is 0.243 e. The molecular formula is C20H22N4O3. The lowest BCUT2D eigenvalue weighted by molar-refractivity contribution is -0.147.